The molecule has 2 heterocycles. The van der Waals surface area contributed by atoms with Crippen molar-refractivity contribution in [3.63, 3.8) is 0 Å². The van der Waals surface area contributed by atoms with Crippen LogP contribution in [0.4, 0.5) is 23.7 Å². The quantitative estimate of drug-likeness (QED) is 0.692. The first kappa shape index (κ1) is 21.0. The molecule has 0 radical (unpaired) electrons. The van der Waals surface area contributed by atoms with Crippen LogP contribution in [0.1, 0.15) is 30.4 Å². The molecule has 0 spiro atoms. The third-order valence-electron chi connectivity index (χ3n) is 4.82. The first-order chi connectivity index (χ1) is 13.2. The predicted molar refractivity (Wildman–Crippen MR) is 102 cm³/mol. The molecule has 0 saturated carbocycles. The second kappa shape index (κ2) is 8.34. The Kier molecular flexibility index (Phi) is 6.26. The number of alkyl halides is 3. The van der Waals surface area contributed by atoms with Crippen molar-refractivity contribution in [1.29, 1.82) is 0 Å². The second-order valence-electron chi connectivity index (χ2n) is 6.69. The molecule has 2 aliphatic heterocycles. The molecule has 0 aliphatic carbocycles. The van der Waals surface area contributed by atoms with E-state index in [4.69, 9.17) is 16.7 Å². The fraction of sp³-hybridized carbons (Fsp3) is 0.444. The topological polar surface area (TPSA) is 69.6 Å². The zero-order valence-electron chi connectivity index (χ0n) is 14.7. The summed E-state index contributed by atoms with van der Waals surface area (Å²) in [6.07, 6.45) is -1.07. The number of carbonyl (C=O) groups excluding carboxylic acids is 2. The van der Waals surface area contributed by atoms with Crippen molar-refractivity contribution in [2.75, 3.05) is 24.6 Å². The van der Waals surface area contributed by atoms with E-state index in [0.717, 1.165) is 25.0 Å². The van der Waals surface area contributed by atoms with Crippen LogP contribution in [-0.4, -0.2) is 35.9 Å². The Morgan fingerprint density at radius 1 is 1.29 bits per heavy atom. The van der Waals surface area contributed by atoms with Crippen LogP contribution >= 0.6 is 23.4 Å². The van der Waals surface area contributed by atoms with Crippen molar-refractivity contribution in [3.8, 4) is 0 Å². The van der Waals surface area contributed by atoms with E-state index in [2.05, 4.69) is 5.32 Å². The molecule has 1 aromatic carbocycles. The van der Waals surface area contributed by atoms with Crippen LogP contribution in [-0.2, 0) is 11.0 Å². The summed E-state index contributed by atoms with van der Waals surface area (Å²) in [6, 6.07) is 1.83. The summed E-state index contributed by atoms with van der Waals surface area (Å²) in [6.45, 7) is 1.25. The maximum Gasteiger partial charge on any atom is 0.416 e. The Bertz CT molecular complexity index is 821. The number of halogens is 4. The lowest BCUT2D eigenvalue weighted by atomic mass is 9.93. The molecule has 0 unspecified atom stereocenters. The number of imide groups is 1. The van der Waals surface area contributed by atoms with Crippen molar-refractivity contribution in [1.82, 2.24) is 5.32 Å². The Hall–Kier alpha value is -1.71. The Balaban J connectivity index is 2.00. The molecule has 152 valence electrons. The first-order valence-corrected chi connectivity index (χ1v) is 9.90. The average Bonchev–Trinajstić information content (AvgIpc) is 2.92. The van der Waals surface area contributed by atoms with Gasteiger partial charge >= 0.3 is 6.18 Å². The monoisotopic (exact) mass is 434 g/mol. The van der Waals surface area contributed by atoms with Gasteiger partial charge in [0.05, 0.1) is 21.2 Å². The van der Waals surface area contributed by atoms with Crippen LogP contribution in [0.15, 0.2) is 17.0 Å². The van der Waals surface area contributed by atoms with E-state index in [1.54, 1.807) is 0 Å². The van der Waals surface area contributed by atoms with Gasteiger partial charge in [-0.1, -0.05) is 11.6 Å². The number of aliphatic hydroxyl groups is 1. The van der Waals surface area contributed by atoms with Crippen LogP contribution in [0.2, 0.25) is 5.02 Å². The molecule has 0 bridgehead atoms. The van der Waals surface area contributed by atoms with Gasteiger partial charge in [-0.05, 0) is 55.2 Å². The fourth-order valence-electron chi connectivity index (χ4n) is 3.42. The van der Waals surface area contributed by atoms with Crippen LogP contribution in [0.3, 0.4) is 0 Å². The molecule has 5 nitrogen and oxygen atoms in total. The van der Waals surface area contributed by atoms with Gasteiger partial charge in [0.1, 0.15) is 0 Å². The number of benzene rings is 1. The van der Waals surface area contributed by atoms with Gasteiger partial charge in [0.15, 0.2) is 0 Å². The molecule has 2 saturated heterocycles. The Labute approximate surface area is 168 Å². The zero-order chi connectivity index (χ0) is 20.5. The molecule has 2 amide bonds. The fourth-order valence-corrected chi connectivity index (χ4v) is 4.44. The minimum Gasteiger partial charge on any atom is -0.396 e. The minimum absolute atomic E-state index is 0.0248. The number of amides is 2. The third kappa shape index (κ3) is 4.64. The molecule has 3 rings (SSSR count). The summed E-state index contributed by atoms with van der Waals surface area (Å²) in [5.74, 6) is -0.291. The molecule has 2 fully saturated rings. The van der Waals surface area contributed by atoms with E-state index in [9.17, 15) is 22.8 Å². The second-order valence-corrected chi connectivity index (χ2v) is 8.11. The predicted octanol–water partition coefficient (Wildman–Crippen LogP) is 4.28. The number of nitrogens with zero attached hydrogens (tertiary/aromatic N) is 1. The van der Waals surface area contributed by atoms with E-state index in [-0.39, 0.29) is 22.1 Å². The Morgan fingerprint density at radius 3 is 2.50 bits per heavy atom. The molecule has 2 N–H and O–H groups in total. The number of hydrogen-bond acceptors (Lipinski definition) is 5. The number of thioether (sulfide) groups is 1. The highest BCUT2D eigenvalue weighted by Crippen LogP contribution is 2.41. The zero-order valence-corrected chi connectivity index (χ0v) is 16.3. The highest BCUT2D eigenvalue weighted by Gasteiger charge is 2.34. The number of nitrogens with one attached hydrogen (secondary N) is 1. The van der Waals surface area contributed by atoms with Gasteiger partial charge in [-0.15, -0.1) is 0 Å². The van der Waals surface area contributed by atoms with E-state index in [0.29, 0.717) is 42.9 Å². The van der Waals surface area contributed by atoms with Crippen LogP contribution in [0.25, 0.3) is 6.08 Å². The normalized spacial score (nSPS) is 20.2. The van der Waals surface area contributed by atoms with E-state index in [1.807, 2.05) is 4.90 Å². The first-order valence-electron chi connectivity index (χ1n) is 8.70. The molecule has 2 aliphatic rings. The van der Waals surface area contributed by atoms with Crippen molar-refractivity contribution >= 4 is 46.3 Å². The molecule has 28 heavy (non-hydrogen) atoms. The van der Waals surface area contributed by atoms with Gasteiger partial charge < -0.3 is 10.0 Å². The van der Waals surface area contributed by atoms with Crippen molar-refractivity contribution in [3.05, 3.63) is 33.2 Å². The van der Waals surface area contributed by atoms with Gasteiger partial charge in [-0.3, -0.25) is 14.9 Å². The van der Waals surface area contributed by atoms with E-state index in [1.165, 1.54) is 6.08 Å². The summed E-state index contributed by atoms with van der Waals surface area (Å²) in [5.41, 5.74) is -0.358. The van der Waals surface area contributed by atoms with Crippen molar-refractivity contribution in [2.24, 2.45) is 5.92 Å². The summed E-state index contributed by atoms with van der Waals surface area (Å²) < 4.78 is 39.8. The maximum atomic E-state index is 13.3. The summed E-state index contributed by atoms with van der Waals surface area (Å²) in [5, 5.41) is 10.5. The largest absolute Gasteiger partial charge is 0.416 e. The van der Waals surface area contributed by atoms with Crippen LogP contribution < -0.4 is 10.2 Å². The lowest BCUT2D eigenvalue weighted by Gasteiger charge is -2.35. The SMILES string of the molecule is O=C1NC(=O)/C(=C/c2cc(C(F)(F)F)cc(Cl)c2N2CCC(CCO)CC2)S1. The highest BCUT2D eigenvalue weighted by molar-refractivity contribution is 8.18. The van der Waals surface area contributed by atoms with Gasteiger partial charge in [0.2, 0.25) is 0 Å². The van der Waals surface area contributed by atoms with Gasteiger partial charge in [-0.2, -0.15) is 13.2 Å². The number of anilines is 1. The lowest BCUT2D eigenvalue weighted by molar-refractivity contribution is -0.137. The van der Waals surface area contributed by atoms with Crippen molar-refractivity contribution < 1.29 is 27.9 Å². The molecule has 10 heteroatoms. The number of rotatable bonds is 4. The van der Waals surface area contributed by atoms with E-state index < -0.39 is 22.9 Å². The molecule has 0 atom stereocenters. The van der Waals surface area contributed by atoms with Gasteiger partial charge in [0, 0.05) is 25.3 Å². The van der Waals surface area contributed by atoms with Crippen LogP contribution in [0, 0.1) is 5.92 Å². The lowest BCUT2D eigenvalue weighted by Crippen LogP contribution is -2.34. The molecular weight excluding hydrogens is 417 g/mol. The molecule has 1 aromatic rings. The summed E-state index contributed by atoms with van der Waals surface area (Å²) in [4.78, 5) is 25.1. The van der Waals surface area contributed by atoms with Gasteiger partial charge in [0.25, 0.3) is 11.1 Å². The smallest absolute Gasteiger partial charge is 0.396 e. The number of carbonyl (C=O) groups is 2. The van der Waals surface area contributed by atoms with Gasteiger partial charge in [-0.25, -0.2) is 0 Å². The number of piperidine rings is 1. The Morgan fingerprint density at radius 2 is 1.96 bits per heavy atom. The van der Waals surface area contributed by atoms with Crippen molar-refractivity contribution in [2.45, 2.75) is 25.4 Å². The molecule has 0 aromatic heterocycles. The maximum absolute atomic E-state index is 13.3. The average molecular weight is 435 g/mol. The standard InChI is InChI=1S/C18H18ClF3N2O3S/c19-13-9-12(18(20,21)22)7-11(8-14-16(26)23-17(27)28-14)15(13)24-4-1-10(2-5-24)3-6-25/h7-10,25H,1-6H2,(H,23,26,27)/b14-8-. The summed E-state index contributed by atoms with van der Waals surface area (Å²) in [7, 11) is 0. The van der Waals surface area contributed by atoms with Crippen LogP contribution in [0.5, 0.6) is 0 Å². The highest BCUT2D eigenvalue weighted by atomic mass is 35.5. The number of hydrogen-bond donors (Lipinski definition) is 2. The molecular formula is C18H18ClF3N2O3S. The number of aliphatic hydroxyl groups excluding tert-OH is 1. The van der Waals surface area contributed by atoms with E-state index >= 15 is 0 Å². The summed E-state index contributed by atoms with van der Waals surface area (Å²) >= 11 is 6.88. The minimum atomic E-state index is -4.59. The third-order valence-corrected chi connectivity index (χ3v) is 5.92.